The lowest BCUT2D eigenvalue weighted by atomic mass is 9.96. The van der Waals surface area contributed by atoms with Crippen LogP contribution in [0.25, 0.3) is 5.69 Å². The Bertz CT molecular complexity index is 947. The highest BCUT2D eigenvalue weighted by molar-refractivity contribution is 6.04. The number of nitrogens with zero attached hydrogens (tertiary/aromatic N) is 2. The maximum atomic E-state index is 12.8. The summed E-state index contributed by atoms with van der Waals surface area (Å²) in [4.78, 5) is 12.8. The van der Waals surface area contributed by atoms with Crippen LogP contribution in [0.2, 0.25) is 0 Å². The van der Waals surface area contributed by atoms with Crippen LogP contribution in [0.1, 0.15) is 22.3 Å². The van der Waals surface area contributed by atoms with Crippen LogP contribution in [0.5, 0.6) is 5.75 Å². The minimum absolute atomic E-state index is 0.133. The number of amides is 1. The first kappa shape index (κ1) is 18.3. The molecule has 0 aliphatic carbocycles. The summed E-state index contributed by atoms with van der Waals surface area (Å²) < 4.78 is 7.26. The second-order valence-corrected chi connectivity index (χ2v) is 7.04. The van der Waals surface area contributed by atoms with Gasteiger partial charge in [-0.15, -0.1) is 0 Å². The summed E-state index contributed by atoms with van der Waals surface area (Å²) in [5.41, 5.74) is 3.34. The van der Waals surface area contributed by atoms with E-state index in [1.54, 1.807) is 18.0 Å². The summed E-state index contributed by atoms with van der Waals surface area (Å²) >= 11 is 0. The van der Waals surface area contributed by atoms with Gasteiger partial charge in [-0.3, -0.25) is 4.79 Å². The van der Waals surface area contributed by atoms with Gasteiger partial charge in [0.2, 0.25) is 0 Å². The summed E-state index contributed by atoms with van der Waals surface area (Å²) in [6.45, 7) is 2.07. The van der Waals surface area contributed by atoms with Crippen LogP contribution in [0.4, 0.5) is 5.69 Å². The zero-order valence-corrected chi connectivity index (χ0v) is 15.9. The second kappa shape index (κ2) is 8.27. The van der Waals surface area contributed by atoms with Crippen molar-refractivity contribution in [3.8, 4) is 11.4 Å². The molecule has 2 heterocycles. The molecule has 0 saturated carbocycles. The van der Waals surface area contributed by atoms with Gasteiger partial charge in [0.1, 0.15) is 5.75 Å². The molecule has 3 aromatic rings. The number of methoxy groups -OCH3 is 1. The van der Waals surface area contributed by atoms with Crippen LogP contribution in [0.3, 0.4) is 0 Å². The zero-order chi connectivity index (χ0) is 19.3. The van der Waals surface area contributed by atoms with Crippen LogP contribution in [0, 0.1) is 5.92 Å². The number of carbonyl (C=O) groups excluding carboxylic acids is 1. The van der Waals surface area contributed by atoms with Crippen LogP contribution in [-0.2, 0) is 6.42 Å². The predicted octanol–water partition coefficient (Wildman–Crippen LogP) is 3.29. The first-order chi connectivity index (χ1) is 13.7. The van der Waals surface area contributed by atoms with Crippen molar-refractivity contribution in [3.05, 3.63) is 72.1 Å². The number of hydrogen-bond donors (Lipinski definition) is 2. The SMILES string of the molecule is COc1ccc(C(=O)Nc2cccc(-n3cccn3)c2)cc1CC1CCNC1. The van der Waals surface area contributed by atoms with Gasteiger partial charge >= 0.3 is 0 Å². The highest BCUT2D eigenvalue weighted by Crippen LogP contribution is 2.26. The highest BCUT2D eigenvalue weighted by atomic mass is 16.5. The Kier molecular flexibility index (Phi) is 5.39. The van der Waals surface area contributed by atoms with Crippen LogP contribution >= 0.6 is 0 Å². The Morgan fingerprint density at radius 2 is 2.21 bits per heavy atom. The molecule has 1 aliphatic rings. The Morgan fingerprint density at radius 3 is 2.96 bits per heavy atom. The number of rotatable bonds is 6. The van der Waals surface area contributed by atoms with Gasteiger partial charge in [-0.05, 0) is 79.9 Å². The van der Waals surface area contributed by atoms with Gasteiger partial charge in [0.05, 0.1) is 12.8 Å². The van der Waals surface area contributed by atoms with Crippen LogP contribution < -0.4 is 15.4 Å². The Hall–Kier alpha value is -3.12. The Morgan fingerprint density at radius 1 is 1.29 bits per heavy atom. The zero-order valence-electron chi connectivity index (χ0n) is 15.9. The molecule has 1 aliphatic heterocycles. The lowest BCUT2D eigenvalue weighted by Gasteiger charge is -2.14. The van der Waals surface area contributed by atoms with E-state index in [9.17, 15) is 4.79 Å². The van der Waals surface area contributed by atoms with Gasteiger partial charge in [-0.1, -0.05) is 6.07 Å². The van der Waals surface area contributed by atoms with Crippen molar-refractivity contribution in [1.29, 1.82) is 0 Å². The molecule has 1 atom stereocenters. The van der Waals surface area contributed by atoms with Crippen molar-refractivity contribution < 1.29 is 9.53 Å². The number of carbonyl (C=O) groups is 1. The largest absolute Gasteiger partial charge is 0.496 e. The van der Waals surface area contributed by atoms with Crippen molar-refractivity contribution in [2.24, 2.45) is 5.92 Å². The minimum Gasteiger partial charge on any atom is -0.496 e. The van der Waals surface area contributed by atoms with E-state index in [1.165, 1.54) is 0 Å². The van der Waals surface area contributed by atoms with E-state index in [4.69, 9.17) is 4.74 Å². The molecule has 2 aromatic carbocycles. The van der Waals surface area contributed by atoms with E-state index in [2.05, 4.69) is 15.7 Å². The standard InChI is InChI=1S/C22H24N4O2/c1-28-21-7-6-17(13-18(21)12-16-8-10-23-15-16)22(27)25-19-4-2-5-20(14-19)26-11-3-9-24-26/h2-7,9,11,13-14,16,23H,8,10,12,15H2,1H3,(H,25,27). The van der Waals surface area contributed by atoms with Gasteiger partial charge < -0.3 is 15.4 Å². The number of anilines is 1. The van der Waals surface area contributed by atoms with Gasteiger partial charge in [0.25, 0.3) is 5.91 Å². The van der Waals surface area contributed by atoms with E-state index in [0.29, 0.717) is 11.5 Å². The monoisotopic (exact) mass is 376 g/mol. The number of hydrogen-bond acceptors (Lipinski definition) is 4. The van der Waals surface area contributed by atoms with Gasteiger partial charge in [0.15, 0.2) is 0 Å². The number of benzene rings is 2. The molecule has 6 heteroatoms. The molecule has 144 valence electrons. The summed E-state index contributed by atoms with van der Waals surface area (Å²) in [6.07, 6.45) is 5.66. The van der Waals surface area contributed by atoms with Crippen molar-refractivity contribution in [3.63, 3.8) is 0 Å². The van der Waals surface area contributed by atoms with Crippen LogP contribution in [-0.4, -0.2) is 35.9 Å². The Labute approximate surface area is 164 Å². The maximum Gasteiger partial charge on any atom is 0.255 e. The van der Waals surface area contributed by atoms with E-state index < -0.39 is 0 Å². The molecule has 0 radical (unpaired) electrons. The third-order valence-electron chi connectivity index (χ3n) is 5.09. The van der Waals surface area contributed by atoms with Crippen LogP contribution in [0.15, 0.2) is 60.9 Å². The van der Waals surface area contributed by atoms with Crippen molar-refractivity contribution in [2.45, 2.75) is 12.8 Å². The highest BCUT2D eigenvalue weighted by Gasteiger charge is 2.18. The molecule has 1 saturated heterocycles. The molecular weight excluding hydrogens is 352 g/mol. The smallest absolute Gasteiger partial charge is 0.255 e. The average molecular weight is 376 g/mol. The van der Waals surface area contributed by atoms with Gasteiger partial charge in [-0.25, -0.2) is 4.68 Å². The van der Waals surface area contributed by atoms with E-state index in [1.807, 2.05) is 54.7 Å². The fourth-order valence-electron chi connectivity index (χ4n) is 3.63. The minimum atomic E-state index is -0.133. The first-order valence-corrected chi connectivity index (χ1v) is 9.52. The first-order valence-electron chi connectivity index (χ1n) is 9.52. The summed E-state index contributed by atoms with van der Waals surface area (Å²) in [5.74, 6) is 1.29. The number of ether oxygens (including phenoxy) is 1. The molecule has 2 N–H and O–H groups in total. The maximum absolute atomic E-state index is 12.8. The van der Waals surface area contributed by atoms with Gasteiger partial charge in [0, 0.05) is 23.6 Å². The fraction of sp³-hybridized carbons (Fsp3) is 0.273. The summed E-state index contributed by atoms with van der Waals surface area (Å²) in [6, 6.07) is 15.1. The summed E-state index contributed by atoms with van der Waals surface area (Å²) in [7, 11) is 1.67. The summed E-state index contributed by atoms with van der Waals surface area (Å²) in [5, 5.41) is 10.6. The molecule has 0 spiro atoms. The lowest BCUT2D eigenvalue weighted by molar-refractivity contribution is 0.102. The van der Waals surface area contributed by atoms with E-state index in [0.717, 1.165) is 48.6 Å². The number of nitrogens with one attached hydrogen (secondary N) is 2. The fourth-order valence-corrected chi connectivity index (χ4v) is 3.63. The van der Waals surface area contributed by atoms with E-state index >= 15 is 0 Å². The predicted molar refractivity (Wildman–Crippen MR) is 109 cm³/mol. The molecule has 6 nitrogen and oxygen atoms in total. The molecule has 1 fully saturated rings. The van der Waals surface area contributed by atoms with Crippen molar-refractivity contribution in [1.82, 2.24) is 15.1 Å². The molecule has 1 aromatic heterocycles. The molecule has 0 bridgehead atoms. The average Bonchev–Trinajstić information content (AvgIpc) is 3.42. The van der Waals surface area contributed by atoms with Crippen molar-refractivity contribution >= 4 is 11.6 Å². The molecule has 4 rings (SSSR count). The second-order valence-electron chi connectivity index (χ2n) is 7.04. The molecule has 1 amide bonds. The van der Waals surface area contributed by atoms with Crippen molar-refractivity contribution in [2.75, 3.05) is 25.5 Å². The number of aromatic nitrogens is 2. The Balaban J connectivity index is 1.52. The third kappa shape index (κ3) is 4.07. The molecular formula is C22H24N4O2. The molecule has 28 heavy (non-hydrogen) atoms. The normalized spacial score (nSPS) is 16.1. The lowest BCUT2D eigenvalue weighted by Crippen LogP contribution is -2.14. The molecule has 1 unspecified atom stereocenters. The third-order valence-corrected chi connectivity index (χ3v) is 5.09. The van der Waals surface area contributed by atoms with E-state index in [-0.39, 0.29) is 5.91 Å². The topological polar surface area (TPSA) is 68.2 Å². The van der Waals surface area contributed by atoms with Gasteiger partial charge in [-0.2, -0.15) is 5.10 Å². The quantitative estimate of drug-likeness (QED) is 0.693.